The molecule has 1 amide bonds. The van der Waals surface area contributed by atoms with Crippen LogP contribution < -0.4 is 4.90 Å². The maximum absolute atomic E-state index is 12.6. The number of nitrogens with one attached hydrogen (secondary N) is 1. The monoisotopic (exact) mass is 458 g/mol. The van der Waals surface area contributed by atoms with E-state index in [9.17, 15) is 4.79 Å². The smallest absolute Gasteiger partial charge is 0.227 e. The van der Waals surface area contributed by atoms with E-state index in [0.717, 1.165) is 40.2 Å². The molecule has 0 atom stereocenters. The third-order valence-electron chi connectivity index (χ3n) is 4.98. The van der Waals surface area contributed by atoms with Gasteiger partial charge in [-0.1, -0.05) is 57.9 Å². The fourth-order valence-corrected chi connectivity index (χ4v) is 3.90. The molecule has 1 aliphatic rings. The second-order valence-electron chi connectivity index (χ2n) is 6.78. The summed E-state index contributed by atoms with van der Waals surface area (Å²) in [6.07, 6.45) is 0.421. The quantitative estimate of drug-likeness (QED) is 0.630. The molecule has 0 saturated carbocycles. The van der Waals surface area contributed by atoms with Gasteiger partial charge in [0.15, 0.2) is 5.82 Å². The van der Waals surface area contributed by atoms with Crippen molar-refractivity contribution in [2.75, 3.05) is 31.1 Å². The summed E-state index contributed by atoms with van der Waals surface area (Å²) in [4.78, 5) is 16.8. The minimum Gasteiger partial charge on any atom is -0.352 e. The summed E-state index contributed by atoms with van der Waals surface area (Å²) >= 11 is 9.47. The van der Waals surface area contributed by atoms with Crippen molar-refractivity contribution < 1.29 is 4.79 Å². The molecule has 144 valence electrons. The number of carbonyl (C=O) groups is 1. The van der Waals surface area contributed by atoms with E-state index >= 15 is 0 Å². The maximum atomic E-state index is 12.6. The van der Waals surface area contributed by atoms with E-state index in [0.29, 0.717) is 24.5 Å². The number of H-pyrrole nitrogens is 1. The number of carbonyl (C=O) groups excluding carboxylic acids is 1. The van der Waals surface area contributed by atoms with Gasteiger partial charge in [-0.05, 0) is 29.3 Å². The Hall–Kier alpha value is -2.31. The van der Waals surface area contributed by atoms with Gasteiger partial charge < -0.3 is 9.80 Å². The highest BCUT2D eigenvalue weighted by molar-refractivity contribution is 9.10. The zero-order valence-electron chi connectivity index (χ0n) is 15.2. The van der Waals surface area contributed by atoms with Gasteiger partial charge in [0.05, 0.1) is 12.1 Å². The number of nitrogens with zero attached hydrogens (tertiary/aromatic N) is 3. The Morgan fingerprint density at radius 3 is 2.50 bits per heavy atom. The number of hydrogen-bond acceptors (Lipinski definition) is 3. The Kier molecular flexibility index (Phi) is 5.69. The molecule has 2 heterocycles. The zero-order valence-corrected chi connectivity index (χ0v) is 17.6. The largest absolute Gasteiger partial charge is 0.352 e. The average molecular weight is 460 g/mol. The molecule has 1 saturated heterocycles. The number of benzene rings is 2. The molecule has 1 aliphatic heterocycles. The Balaban J connectivity index is 1.36. The number of halogens is 2. The Morgan fingerprint density at radius 1 is 1.07 bits per heavy atom. The second kappa shape index (κ2) is 8.37. The molecule has 0 radical (unpaired) electrons. The van der Waals surface area contributed by atoms with Crippen molar-refractivity contribution in [1.29, 1.82) is 0 Å². The number of aromatic amines is 1. The zero-order chi connectivity index (χ0) is 19.5. The van der Waals surface area contributed by atoms with Gasteiger partial charge in [-0.2, -0.15) is 5.10 Å². The summed E-state index contributed by atoms with van der Waals surface area (Å²) in [6, 6.07) is 17.6. The van der Waals surface area contributed by atoms with E-state index < -0.39 is 0 Å². The van der Waals surface area contributed by atoms with Crippen molar-refractivity contribution in [1.82, 2.24) is 15.1 Å². The Morgan fingerprint density at radius 2 is 1.79 bits per heavy atom. The lowest BCUT2D eigenvalue weighted by atomic mass is 10.1. The fourth-order valence-electron chi connectivity index (χ4n) is 3.35. The van der Waals surface area contributed by atoms with Crippen molar-refractivity contribution in [3.8, 4) is 11.3 Å². The van der Waals surface area contributed by atoms with Crippen LogP contribution >= 0.6 is 27.5 Å². The van der Waals surface area contributed by atoms with E-state index in [4.69, 9.17) is 11.6 Å². The summed E-state index contributed by atoms with van der Waals surface area (Å²) in [5.41, 5.74) is 3.03. The fraction of sp³-hybridized carbons (Fsp3) is 0.238. The summed E-state index contributed by atoms with van der Waals surface area (Å²) < 4.78 is 0.980. The molecule has 0 spiro atoms. The van der Waals surface area contributed by atoms with Gasteiger partial charge in [-0.15, -0.1) is 0 Å². The molecular weight excluding hydrogens is 440 g/mol. The van der Waals surface area contributed by atoms with Gasteiger partial charge in [-0.25, -0.2) is 0 Å². The predicted molar refractivity (Wildman–Crippen MR) is 116 cm³/mol. The Bertz CT molecular complexity index is 965. The second-order valence-corrected chi connectivity index (χ2v) is 8.07. The number of amides is 1. The highest BCUT2D eigenvalue weighted by atomic mass is 79.9. The van der Waals surface area contributed by atoms with Gasteiger partial charge in [0, 0.05) is 41.7 Å². The van der Waals surface area contributed by atoms with Crippen molar-refractivity contribution in [3.05, 3.63) is 69.7 Å². The summed E-state index contributed by atoms with van der Waals surface area (Å²) in [6.45, 7) is 2.94. The normalized spacial score (nSPS) is 14.4. The van der Waals surface area contributed by atoms with Gasteiger partial charge in [0.25, 0.3) is 0 Å². The molecule has 1 N–H and O–H groups in total. The first-order valence-corrected chi connectivity index (χ1v) is 10.3. The lowest BCUT2D eigenvalue weighted by molar-refractivity contribution is -0.130. The van der Waals surface area contributed by atoms with Crippen LogP contribution in [0.15, 0.2) is 59.1 Å². The number of anilines is 1. The van der Waals surface area contributed by atoms with Crippen molar-refractivity contribution in [3.63, 3.8) is 0 Å². The first kappa shape index (κ1) is 19.0. The van der Waals surface area contributed by atoms with Crippen molar-refractivity contribution in [2.24, 2.45) is 0 Å². The third kappa shape index (κ3) is 4.23. The van der Waals surface area contributed by atoms with Crippen LogP contribution in [-0.4, -0.2) is 47.2 Å². The molecular formula is C21H20BrClN4O. The molecule has 28 heavy (non-hydrogen) atoms. The molecule has 0 bridgehead atoms. The van der Waals surface area contributed by atoms with Crippen LogP contribution in [0.25, 0.3) is 11.3 Å². The van der Waals surface area contributed by atoms with E-state index in [2.05, 4.69) is 31.0 Å². The van der Waals surface area contributed by atoms with E-state index in [1.165, 1.54) is 0 Å². The highest BCUT2D eigenvalue weighted by Crippen LogP contribution is 2.24. The average Bonchev–Trinajstić information content (AvgIpc) is 3.20. The number of hydrogen-bond donors (Lipinski definition) is 1. The van der Waals surface area contributed by atoms with E-state index in [1.807, 2.05) is 59.5 Å². The van der Waals surface area contributed by atoms with Crippen molar-refractivity contribution in [2.45, 2.75) is 6.42 Å². The summed E-state index contributed by atoms with van der Waals surface area (Å²) in [7, 11) is 0. The van der Waals surface area contributed by atoms with Gasteiger partial charge in [0.1, 0.15) is 0 Å². The Labute approximate surface area is 177 Å². The van der Waals surface area contributed by atoms with Crippen LogP contribution in [0.5, 0.6) is 0 Å². The van der Waals surface area contributed by atoms with Crippen LogP contribution in [0.4, 0.5) is 5.82 Å². The standard InChI is InChI=1S/C21H20BrClN4O/c22-18-4-2-1-3-16(18)13-21(28)27-11-9-26(10-12-27)20-14-19(24-25-20)15-5-7-17(23)8-6-15/h1-8,14H,9-13H2,(H,24,25). The van der Waals surface area contributed by atoms with Gasteiger partial charge in [0.2, 0.25) is 5.91 Å². The topological polar surface area (TPSA) is 52.2 Å². The van der Waals surface area contributed by atoms with Crippen LogP contribution in [0.3, 0.4) is 0 Å². The van der Waals surface area contributed by atoms with Crippen LogP contribution in [0.1, 0.15) is 5.56 Å². The number of aromatic nitrogens is 2. The molecule has 0 aliphatic carbocycles. The maximum Gasteiger partial charge on any atom is 0.227 e. The van der Waals surface area contributed by atoms with Crippen LogP contribution in [0, 0.1) is 0 Å². The first-order valence-electron chi connectivity index (χ1n) is 9.17. The SMILES string of the molecule is O=C(Cc1ccccc1Br)N1CCN(c2cc(-c3ccc(Cl)cc3)[nH]n2)CC1. The minimum absolute atomic E-state index is 0.162. The van der Waals surface area contributed by atoms with E-state index in [1.54, 1.807) is 0 Å². The molecule has 4 rings (SSSR count). The molecule has 1 aromatic heterocycles. The number of piperazine rings is 1. The lowest BCUT2D eigenvalue weighted by Crippen LogP contribution is -2.49. The molecule has 3 aromatic rings. The number of rotatable bonds is 4. The summed E-state index contributed by atoms with van der Waals surface area (Å²) in [5, 5.41) is 8.25. The lowest BCUT2D eigenvalue weighted by Gasteiger charge is -2.35. The van der Waals surface area contributed by atoms with Gasteiger partial charge in [-0.3, -0.25) is 9.89 Å². The molecule has 0 unspecified atom stereocenters. The van der Waals surface area contributed by atoms with Crippen molar-refractivity contribution >= 4 is 39.3 Å². The van der Waals surface area contributed by atoms with E-state index in [-0.39, 0.29) is 5.91 Å². The molecule has 5 nitrogen and oxygen atoms in total. The van der Waals surface area contributed by atoms with Crippen LogP contribution in [0.2, 0.25) is 5.02 Å². The molecule has 1 fully saturated rings. The predicted octanol–water partition coefficient (Wildman–Crippen LogP) is 4.38. The van der Waals surface area contributed by atoms with Crippen LogP contribution in [-0.2, 0) is 11.2 Å². The third-order valence-corrected chi connectivity index (χ3v) is 6.00. The molecule has 7 heteroatoms. The van der Waals surface area contributed by atoms with Gasteiger partial charge >= 0.3 is 0 Å². The summed E-state index contributed by atoms with van der Waals surface area (Å²) in [5.74, 6) is 1.07. The first-order chi connectivity index (χ1) is 13.6. The molecule has 2 aromatic carbocycles. The highest BCUT2D eigenvalue weighted by Gasteiger charge is 2.23. The minimum atomic E-state index is 0.162.